The first-order chi connectivity index (χ1) is 9.96. The lowest BCUT2D eigenvalue weighted by Gasteiger charge is -2.17. The third-order valence-corrected chi connectivity index (χ3v) is 3.10. The minimum atomic E-state index is -4.68. The highest BCUT2D eigenvalue weighted by Crippen LogP contribution is 2.26. The Bertz CT molecular complexity index is 569. The molecule has 0 radical (unpaired) electrons. The molecule has 1 atom stereocenters. The van der Waals surface area contributed by atoms with Crippen molar-refractivity contribution in [3.63, 3.8) is 0 Å². The van der Waals surface area contributed by atoms with E-state index in [1.54, 1.807) is 12.1 Å². The topological polar surface area (TPSA) is 21.3 Å². The number of halogens is 3. The van der Waals surface area contributed by atoms with Crippen molar-refractivity contribution in [1.29, 1.82) is 0 Å². The average Bonchev–Trinajstić information content (AvgIpc) is 2.45. The Hall–Kier alpha value is -2.01. The zero-order valence-electron chi connectivity index (χ0n) is 11.5. The maximum absolute atomic E-state index is 12.3. The number of alkyl halides is 3. The first-order valence-corrected chi connectivity index (χ1v) is 6.58. The summed E-state index contributed by atoms with van der Waals surface area (Å²) in [7, 11) is 0. The van der Waals surface area contributed by atoms with Crippen molar-refractivity contribution in [2.45, 2.75) is 25.9 Å². The quantitative estimate of drug-likeness (QED) is 0.880. The maximum Gasteiger partial charge on any atom is 0.573 e. The van der Waals surface area contributed by atoms with Crippen LogP contribution in [0.4, 0.5) is 13.2 Å². The Labute approximate surface area is 121 Å². The Morgan fingerprint density at radius 1 is 1.00 bits per heavy atom. The Morgan fingerprint density at radius 2 is 1.62 bits per heavy atom. The summed E-state index contributed by atoms with van der Waals surface area (Å²) in [6, 6.07) is 15.9. The fourth-order valence-electron chi connectivity index (χ4n) is 2.00. The third kappa shape index (κ3) is 4.79. The molecule has 112 valence electrons. The van der Waals surface area contributed by atoms with Crippen LogP contribution in [-0.2, 0) is 6.54 Å². The molecular weight excluding hydrogens is 279 g/mol. The van der Waals surface area contributed by atoms with Crippen molar-refractivity contribution in [1.82, 2.24) is 5.32 Å². The monoisotopic (exact) mass is 295 g/mol. The molecule has 0 spiro atoms. The molecule has 0 saturated heterocycles. The Morgan fingerprint density at radius 3 is 2.29 bits per heavy atom. The first kappa shape index (κ1) is 15.4. The number of hydrogen-bond acceptors (Lipinski definition) is 2. The molecule has 0 amide bonds. The molecule has 0 aromatic heterocycles. The highest BCUT2D eigenvalue weighted by Gasteiger charge is 2.31. The van der Waals surface area contributed by atoms with E-state index in [4.69, 9.17) is 0 Å². The lowest BCUT2D eigenvalue weighted by molar-refractivity contribution is -0.274. The van der Waals surface area contributed by atoms with Crippen LogP contribution in [0.2, 0.25) is 0 Å². The fourth-order valence-corrected chi connectivity index (χ4v) is 2.00. The van der Waals surface area contributed by atoms with E-state index in [1.165, 1.54) is 12.1 Å². The number of benzene rings is 2. The van der Waals surface area contributed by atoms with E-state index in [9.17, 15) is 13.2 Å². The average molecular weight is 295 g/mol. The van der Waals surface area contributed by atoms with Crippen LogP contribution < -0.4 is 10.1 Å². The minimum absolute atomic E-state index is 0.0325. The summed E-state index contributed by atoms with van der Waals surface area (Å²) in [5.41, 5.74) is 1.55. The van der Waals surface area contributed by atoms with Crippen molar-refractivity contribution in [2.24, 2.45) is 0 Å². The van der Waals surface area contributed by atoms with Crippen molar-refractivity contribution in [3.8, 4) is 5.75 Å². The fraction of sp³-hybridized carbons (Fsp3) is 0.250. The van der Waals surface area contributed by atoms with Crippen LogP contribution >= 0.6 is 0 Å². The molecular formula is C16H16F3NO. The molecule has 0 heterocycles. The van der Waals surface area contributed by atoms with E-state index in [-0.39, 0.29) is 11.8 Å². The SMILES string of the molecule is C[C@@H](NCc1ccccc1OC(F)(F)F)c1ccccc1. The number of ether oxygens (including phenoxy) is 1. The normalized spacial score (nSPS) is 13.0. The molecule has 2 aromatic rings. The highest BCUT2D eigenvalue weighted by molar-refractivity contribution is 5.33. The lowest BCUT2D eigenvalue weighted by atomic mass is 10.1. The van der Waals surface area contributed by atoms with Crippen LogP contribution in [0.5, 0.6) is 5.75 Å². The van der Waals surface area contributed by atoms with Crippen LogP contribution in [0.15, 0.2) is 54.6 Å². The summed E-state index contributed by atoms with van der Waals surface area (Å²) < 4.78 is 41.1. The van der Waals surface area contributed by atoms with Crippen LogP contribution in [0.25, 0.3) is 0 Å². The smallest absolute Gasteiger partial charge is 0.405 e. The van der Waals surface area contributed by atoms with Crippen molar-refractivity contribution in [2.75, 3.05) is 0 Å². The summed E-state index contributed by atoms with van der Waals surface area (Å²) in [5.74, 6) is -0.169. The minimum Gasteiger partial charge on any atom is -0.405 e. The van der Waals surface area contributed by atoms with Crippen LogP contribution in [0.3, 0.4) is 0 Å². The van der Waals surface area contributed by atoms with Crippen LogP contribution in [0, 0.1) is 0 Å². The van der Waals surface area contributed by atoms with E-state index in [0.717, 1.165) is 5.56 Å². The summed E-state index contributed by atoms with van der Waals surface area (Å²) in [4.78, 5) is 0. The number of hydrogen-bond donors (Lipinski definition) is 1. The van der Waals surface area contributed by atoms with Gasteiger partial charge in [0.2, 0.25) is 0 Å². The summed E-state index contributed by atoms with van der Waals surface area (Å²) in [6.45, 7) is 2.25. The molecule has 2 aromatic carbocycles. The van der Waals surface area contributed by atoms with Gasteiger partial charge in [-0.1, -0.05) is 48.5 Å². The van der Waals surface area contributed by atoms with Crippen molar-refractivity contribution in [3.05, 3.63) is 65.7 Å². The molecule has 0 aliphatic carbocycles. The molecule has 0 aliphatic rings. The Balaban J connectivity index is 2.03. The van der Waals surface area contributed by atoms with Gasteiger partial charge >= 0.3 is 6.36 Å². The van der Waals surface area contributed by atoms with Crippen molar-refractivity contribution < 1.29 is 17.9 Å². The predicted octanol–water partition coefficient (Wildman–Crippen LogP) is 4.44. The van der Waals surface area contributed by atoms with Crippen LogP contribution in [-0.4, -0.2) is 6.36 Å². The number of rotatable bonds is 5. The predicted molar refractivity (Wildman–Crippen MR) is 74.8 cm³/mol. The molecule has 0 unspecified atom stereocenters. The van der Waals surface area contributed by atoms with E-state index in [2.05, 4.69) is 10.1 Å². The second-order valence-corrected chi connectivity index (χ2v) is 4.67. The van der Waals surface area contributed by atoms with Gasteiger partial charge in [-0.3, -0.25) is 0 Å². The van der Waals surface area contributed by atoms with Gasteiger partial charge in [-0.2, -0.15) is 0 Å². The van der Waals surface area contributed by atoms with Gasteiger partial charge in [-0.05, 0) is 18.6 Å². The number of para-hydroxylation sites is 1. The molecule has 0 fully saturated rings. The zero-order valence-corrected chi connectivity index (χ0v) is 11.5. The molecule has 0 aliphatic heterocycles. The van der Waals surface area contributed by atoms with Gasteiger partial charge < -0.3 is 10.1 Å². The molecule has 21 heavy (non-hydrogen) atoms. The van der Waals surface area contributed by atoms with Gasteiger partial charge in [-0.25, -0.2) is 0 Å². The molecule has 0 bridgehead atoms. The Kier molecular flexibility index (Phi) is 4.85. The lowest BCUT2D eigenvalue weighted by Crippen LogP contribution is -2.21. The van der Waals surface area contributed by atoms with Gasteiger partial charge in [0, 0.05) is 18.2 Å². The zero-order chi connectivity index (χ0) is 15.3. The summed E-state index contributed by atoms with van der Waals surface area (Å²) >= 11 is 0. The second-order valence-electron chi connectivity index (χ2n) is 4.67. The van der Waals surface area contributed by atoms with Gasteiger partial charge in [0.15, 0.2) is 0 Å². The standard InChI is InChI=1S/C16H16F3NO/c1-12(13-7-3-2-4-8-13)20-11-14-9-5-6-10-15(14)21-16(17,18)19/h2-10,12,20H,11H2,1H3/t12-/m1/s1. The van der Waals surface area contributed by atoms with E-state index in [1.807, 2.05) is 37.3 Å². The molecule has 0 saturated carbocycles. The van der Waals surface area contributed by atoms with E-state index in [0.29, 0.717) is 12.1 Å². The van der Waals surface area contributed by atoms with E-state index < -0.39 is 6.36 Å². The van der Waals surface area contributed by atoms with E-state index >= 15 is 0 Å². The molecule has 2 rings (SSSR count). The van der Waals surface area contributed by atoms with Crippen LogP contribution in [0.1, 0.15) is 24.1 Å². The largest absolute Gasteiger partial charge is 0.573 e. The first-order valence-electron chi connectivity index (χ1n) is 6.58. The van der Waals surface area contributed by atoms with Gasteiger partial charge in [-0.15, -0.1) is 13.2 Å². The second kappa shape index (κ2) is 6.63. The van der Waals surface area contributed by atoms with Gasteiger partial charge in [0.25, 0.3) is 0 Å². The molecule has 2 nitrogen and oxygen atoms in total. The third-order valence-electron chi connectivity index (χ3n) is 3.10. The van der Waals surface area contributed by atoms with Gasteiger partial charge in [0.1, 0.15) is 5.75 Å². The number of nitrogens with one attached hydrogen (secondary N) is 1. The molecule has 5 heteroatoms. The summed E-state index contributed by atoms with van der Waals surface area (Å²) in [6.07, 6.45) is -4.68. The molecule has 1 N–H and O–H groups in total. The van der Waals surface area contributed by atoms with Crippen molar-refractivity contribution >= 4 is 0 Å². The maximum atomic E-state index is 12.3. The van der Waals surface area contributed by atoms with Gasteiger partial charge in [0.05, 0.1) is 0 Å². The highest BCUT2D eigenvalue weighted by atomic mass is 19.4. The summed E-state index contributed by atoms with van der Waals surface area (Å²) in [5, 5.41) is 3.19.